The first-order chi connectivity index (χ1) is 4.79. The van der Waals surface area contributed by atoms with E-state index in [1.807, 2.05) is 0 Å². The minimum Gasteiger partial charge on any atom is -0.0807 e. The highest BCUT2D eigenvalue weighted by molar-refractivity contribution is 5.31. The van der Waals surface area contributed by atoms with Crippen molar-refractivity contribution >= 4 is 0 Å². The van der Waals surface area contributed by atoms with E-state index in [1.54, 1.807) is 11.1 Å². The minimum absolute atomic E-state index is 0.796. The lowest BCUT2D eigenvalue weighted by Gasteiger charge is -2.33. The van der Waals surface area contributed by atoms with Gasteiger partial charge in [-0.05, 0) is 38.5 Å². The van der Waals surface area contributed by atoms with Gasteiger partial charge >= 0.3 is 0 Å². The maximum atomic E-state index is 2.39. The average Bonchev–Trinajstić information content (AvgIpc) is 2.00. The van der Waals surface area contributed by atoms with Gasteiger partial charge in [-0.2, -0.15) is 0 Å². The molecule has 2 bridgehead atoms. The summed E-state index contributed by atoms with van der Waals surface area (Å²) in [6, 6.07) is 0. The van der Waals surface area contributed by atoms with E-state index < -0.39 is 0 Å². The van der Waals surface area contributed by atoms with Crippen molar-refractivity contribution in [1.29, 1.82) is 0 Å². The van der Waals surface area contributed by atoms with Crippen molar-refractivity contribution < 1.29 is 0 Å². The smallest absolute Gasteiger partial charge is 0.00227 e. The number of hydrogen-bond acceptors (Lipinski definition) is 0. The molecule has 3 aliphatic rings. The lowest BCUT2D eigenvalue weighted by molar-refractivity contribution is 0.481. The van der Waals surface area contributed by atoms with Crippen LogP contribution in [-0.4, -0.2) is 0 Å². The first-order valence-electron chi connectivity index (χ1n) is 4.14. The standard InChI is InChI=1S/C10H14/c1-7-8(2)10-5-3-9(7)4-6-10/h3,5,9-10H,4,6H2,1-2H3. The summed E-state index contributed by atoms with van der Waals surface area (Å²) in [4.78, 5) is 0. The highest BCUT2D eigenvalue weighted by Crippen LogP contribution is 2.39. The van der Waals surface area contributed by atoms with Crippen LogP contribution in [0, 0.1) is 11.8 Å². The summed E-state index contributed by atoms with van der Waals surface area (Å²) < 4.78 is 0. The monoisotopic (exact) mass is 134 g/mol. The van der Waals surface area contributed by atoms with Crippen molar-refractivity contribution in [3.63, 3.8) is 0 Å². The lowest BCUT2D eigenvalue weighted by Crippen LogP contribution is -2.19. The fraction of sp³-hybridized carbons (Fsp3) is 0.600. The Balaban J connectivity index is 2.41. The van der Waals surface area contributed by atoms with E-state index in [9.17, 15) is 0 Å². The molecule has 2 atom stereocenters. The summed E-state index contributed by atoms with van der Waals surface area (Å²) in [6.45, 7) is 4.57. The second-order valence-corrected chi connectivity index (χ2v) is 3.54. The van der Waals surface area contributed by atoms with Crippen LogP contribution in [0.3, 0.4) is 0 Å². The van der Waals surface area contributed by atoms with Gasteiger partial charge in [0, 0.05) is 0 Å². The van der Waals surface area contributed by atoms with Crippen LogP contribution in [0.15, 0.2) is 23.3 Å². The zero-order chi connectivity index (χ0) is 7.14. The molecule has 54 valence electrons. The number of fused-ring (bicyclic) bond motifs is 1. The Morgan fingerprint density at radius 3 is 1.60 bits per heavy atom. The quantitative estimate of drug-likeness (QED) is 0.447. The molecule has 0 aromatic heterocycles. The Labute approximate surface area is 62.6 Å². The van der Waals surface area contributed by atoms with E-state index >= 15 is 0 Å². The average molecular weight is 134 g/mol. The number of rotatable bonds is 0. The highest BCUT2D eigenvalue weighted by atomic mass is 14.3. The Hall–Kier alpha value is -0.520. The highest BCUT2D eigenvalue weighted by Gasteiger charge is 2.25. The molecule has 3 rings (SSSR count). The van der Waals surface area contributed by atoms with Gasteiger partial charge in [0.25, 0.3) is 0 Å². The molecule has 0 amide bonds. The van der Waals surface area contributed by atoms with Crippen molar-refractivity contribution in [1.82, 2.24) is 0 Å². The molecule has 0 saturated heterocycles. The topological polar surface area (TPSA) is 0 Å². The van der Waals surface area contributed by atoms with Crippen molar-refractivity contribution in [2.45, 2.75) is 26.7 Å². The predicted octanol–water partition coefficient (Wildman–Crippen LogP) is 2.92. The minimum atomic E-state index is 0.796. The molecule has 0 N–H and O–H groups in total. The van der Waals surface area contributed by atoms with E-state index in [0.717, 1.165) is 11.8 Å². The number of hydrogen-bond donors (Lipinski definition) is 0. The third-order valence-corrected chi connectivity index (χ3v) is 3.10. The van der Waals surface area contributed by atoms with Gasteiger partial charge in [0.2, 0.25) is 0 Å². The van der Waals surface area contributed by atoms with Gasteiger partial charge in [-0.3, -0.25) is 0 Å². The summed E-state index contributed by atoms with van der Waals surface area (Å²) >= 11 is 0. The third kappa shape index (κ3) is 0.681. The van der Waals surface area contributed by atoms with Gasteiger partial charge < -0.3 is 0 Å². The molecule has 10 heavy (non-hydrogen) atoms. The van der Waals surface area contributed by atoms with Gasteiger partial charge in [-0.15, -0.1) is 0 Å². The van der Waals surface area contributed by atoms with E-state index in [4.69, 9.17) is 0 Å². The van der Waals surface area contributed by atoms with Crippen LogP contribution in [-0.2, 0) is 0 Å². The molecule has 0 heteroatoms. The van der Waals surface area contributed by atoms with Crippen LogP contribution in [0.25, 0.3) is 0 Å². The first-order valence-corrected chi connectivity index (χ1v) is 4.14. The zero-order valence-electron chi connectivity index (χ0n) is 6.72. The molecular weight excluding hydrogens is 120 g/mol. The molecule has 0 saturated carbocycles. The SMILES string of the molecule is CC1=C(C)C2C=CC1CC2. The fourth-order valence-corrected chi connectivity index (χ4v) is 2.13. The van der Waals surface area contributed by atoms with E-state index in [1.165, 1.54) is 12.8 Å². The third-order valence-electron chi connectivity index (χ3n) is 3.10. The van der Waals surface area contributed by atoms with Crippen molar-refractivity contribution in [2.75, 3.05) is 0 Å². The fourth-order valence-electron chi connectivity index (χ4n) is 2.13. The summed E-state index contributed by atoms with van der Waals surface area (Å²) in [6.07, 6.45) is 7.56. The van der Waals surface area contributed by atoms with Gasteiger partial charge in [-0.25, -0.2) is 0 Å². The van der Waals surface area contributed by atoms with Gasteiger partial charge in [0.15, 0.2) is 0 Å². The molecular formula is C10H14. The lowest BCUT2D eigenvalue weighted by atomic mass is 9.73. The molecule has 0 fully saturated rings. The zero-order valence-corrected chi connectivity index (χ0v) is 6.72. The molecule has 3 aliphatic carbocycles. The molecule has 0 spiro atoms. The van der Waals surface area contributed by atoms with Crippen LogP contribution >= 0.6 is 0 Å². The molecule has 0 aromatic rings. The van der Waals surface area contributed by atoms with Gasteiger partial charge in [-0.1, -0.05) is 23.3 Å². The van der Waals surface area contributed by atoms with E-state index in [2.05, 4.69) is 26.0 Å². The molecule has 2 unspecified atom stereocenters. The van der Waals surface area contributed by atoms with Crippen LogP contribution in [0.4, 0.5) is 0 Å². The van der Waals surface area contributed by atoms with Crippen molar-refractivity contribution in [3.8, 4) is 0 Å². The van der Waals surface area contributed by atoms with Gasteiger partial charge in [0.05, 0.1) is 0 Å². The molecule has 0 nitrogen and oxygen atoms in total. The summed E-state index contributed by atoms with van der Waals surface area (Å²) in [5.41, 5.74) is 3.28. The predicted molar refractivity (Wildman–Crippen MR) is 43.7 cm³/mol. The van der Waals surface area contributed by atoms with Crippen LogP contribution in [0.2, 0.25) is 0 Å². The Kier molecular flexibility index (Phi) is 1.23. The maximum Gasteiger partial charge on any atom is -0.00227 e. The molecule has 0 aromatic carbocycles. The summed E-state index contributed by atoms with van der Waals surface area (Å²) in [5.74, 6) is 1.59. The summed E-state index contributed by atoms with van der Waals surface area (Å²) in [7, 11) is 0. The Morgan fingerprint density at radius 1 is 1.00 bits per heavy atom. The summed E-state index contributed by atoms with van der Waals surface area (Å²) in [5, 5.41) is 0. The van der Waals surface area contributed by atoms with Crippen LogP contribution in [0.1, 0.15) is 26.7 Å². The largest absolute Gasteiger partial charge is 0.0807 e. The van der Waals surface area contributed by atoms with Gasteiger partial charge in [0.1, 0.15) is 0 Å². The normalized spacial score (nSPS) is 37.4. The van der Waals surface area contributed by atoms with Crippen LogP contribution < -0.4 is 0 Å². The van der Waals surface area contributed by atoms with Crippen molar-refractivity contribution in [2.24, 2.45) is 11.8 Å². The van der Waals surface area contributed by atoms with Crippen LogP contribution in [0.5, 0.6) is 0 Å². The molecule has 0 aliphatic heterocycles. The maximum absolute atomic E-state index is 2.39. The second-order valence-electron chi connectivity index (χ2n) is 3.54. The molecule has 0 heterocycles. The van der Waals surface area contributed by atoms with E-state index in [0.29, 0.717) is 0 Å². The number of allylic oxidation sites excluding steroid dienone is 4. The van der Waals surface area contributed by atoms with E-state index in [-0.39, 0.29) is 0 Å². The Bertz CT molecular complexity index is 186. The first kappa shape index (κ1) is 6.21. The van der Waals surface area contributed by atoms with Crippen molar-refractivity contribution in [3.05, 3.63) is 23.3 Å². The Morgan fingerprint density at radius 2 is 1.40 bits per heavy atom. The molecule has 0 radical (unpaired) electrons. The second kappa shape index (κ2) is 1.98.